The summed E-state index contributed by atoms with van der Waals surface area (Å²) in [5, 5.41) is 6.95. The van der Waals surface area contributed by atoms with E-state index in [-0.39, 0.29) is 5.91 Å². The van der Waals surface area contributed by atoms with E-state index in [0.717, 1.165) is 29.8 Å². The van der Waals surface area contributed by atoms with E-state index in [0.29, 0.717) is 11.5 Å². The minimum Gasteiger partial charge on any atom is -0.399 e. The van der Waals surface area contributed by atoms with Crippen LogP contribution in [0.25, 0.3) is 0 Å². The topological polar surface area (TPSA) is 50.7 Å². The lowest BCUT2D eigenvalue weighted by Crippen LogP contribution is -2.31. The van der Waals surface area contributed by atoms with E-state index in [1.807, 2.05) is 31.2 Å². The van der Waals surface area contributed by atoms with Gasteiger partial charge in [-0.2, -0.15) is 0 Å². The van der Waals surface area contributed by atoms with Crippen LogP contribution in [0.1, 0.15) is 30.1 Å². The average Bonchev–Trinajstić information content (AvgIpc) is 2.50. The molecule has 0 fully saturated rings. The van der Waals surface area contributed by atoms with Crippen LogP contribution in [-0.4, -0.2) is 18.7 Å². The third-order valence-electron chi connectivity index (χ3n) is 3.54. The fourth-order valence-corrected chi connectivity index (χ4v) is 2.28. The summed E-state index contributed by atoms with van der Waals surface area (Å²) in [6, 6.07) is 9.12. The van der Waals surface area contributed by atoms with Gasteiger partial charge in [-0.3, -0.25) is 4.79 Å². The summed E-state index contributed by atoms with van der Waals surface area (Å²) in [7, 11) is 1.51. The summed E-state index contributed by atoms with van der Waals surface area (Å²) in [5.41, 5.74) is 3.21. The molecule has 21 heavy (non-hydrogen) atoms. The highest BCUT2D eigenvalue weighted by atomic mass is 16.6. The number of amides is 1. The van der Waals surface area contributed by atoms with Crippen LogP contribution in [0.3, 0.4) is 0 Å². The second kappa shape index (κ2) is 6.88. The van der Waals surface area contributed by atoms with E-state index in [4.69, 9.17) is 4.84 Å². The zero-order chi connectivity index (χ0) is 15.2. The molecule has 0 saturated heterocycles. The minimum absolute atomic E-state index is 0.139. The molecular weight excluding hydrogens is 264 g/mol. The molecule has 1 aromatic rings. The molecule has 1 aliphatic rings. The van der Waals surface area contributed by atoms with Gasteiger partial charge in [0.2, 0.25) is 0 Å². The molecule has 0 unspecified atom stereocenters. The molecule has 1 N–H and O–H groups in total. The molecule has 0 saturated carbocycles. The molecule has 4 nitrogen and oxygen atoms in total. The van der Waals surface area contributed by atoms with Gasteiger partial charge in [-0.25, -0.2) is 0 Å². The van der Waals surface area contributed by atoms with Crippen LogP contribution in [0.5, 0.6) is 0 Å². The van der Waals surface area contributed by atoms with Gasteiger partial charge in [-0.15, -0.1) is 0 Å². The van der Waals surface area contributed by atoms with Crippen molar-refractivity contribution >= 4 is 11.6 Å². The van der Waals surface area contributed by atoms with Crippen LogP contribution in [0.2, 0.25) is 0 Å². The highest BCUT2D eigenvalue weighted by Crippen LogP contribution is 2.26. The first-order valence-corrected chi connectivity index (χ1v) is 6.94. The molecule has 1 amide bonds. The lowest BCUT2D eigenvalue weighted by Gasteiger charge is -2.23. The van der Waals surface area contributed by atoms with Gasteiger partial charge in [0.25, 0.3) is 5.91 Å². The number of allylic oxidation sites excluding steroid dienone is 3. The van der Waals surface area contributed by atoms with Gasteiger partial charge >= 0.3 is 0 Å². The van der Waals surface area contributed by atoms with E-state index in [9.17, 15) is 4.79 Å². The molecule has 2 rings (SSSR count). The number of hydrogen-bond acceptors (Lipinski definition) is 3. The maximum atomic E-state index is 12.2. The smallest absolute Gasteiger partial charge is 0.255 e. The first kappa shape index (κ1) is 15.0. The van der Waals surface area contributed by atoms with Crippen molar-refractivity contribution in [2.75, 3.05) is 7.11 Å². The largest absolute Gasteiger partial charge is 0.399 e. The number of hydrogen-bond donors (Lipinski definition) is 1. The Morgan fingerprint density at radius 3 is 2.71 bits per heavy atom. The molecule has 0 spiro atoms. The standard InChI is InChI=1S/C17H20N2O2/c1-12(2)14-9-10-15(16(11-14)19-21-3)18-17(20)13-7-5-4-6-8-13/h4-8,10,14H,1,9,11H2,2-3H3,(H,18,20)/b19-16+/t14-/m1/s1. The van der Waals surface area contributed by atoms with Gasteiger partial charge < -0.3 is 10.2 Å². The second-order valence-corrected chi connectivity index (χ2v) is 5.14. The average molecular weight is 284 g/mol. The number of nitrogens with zero attached hydrogens (tertiary/aromatic N) is 1. The number of rotatable bonds is 4. The maximum Gasteiger partial charge on any atom is 0.255 e. The third kappa shape index (κ3) is 3.81. The molecule has 1 atom stereocenters. The fraction of sp³-hybridized carbons (Fsp3) is 0.294. The van der Waals surface area contributed by atoms with Crippen molar-refractivity contribution in [1.29, 1.82) is 0 Å². The summed E-state index contributed by atoms with van der Waals surface area (Å²) in [6.07, 6.45) is 3.56. The predicted molar refractivity (Wildman–Crippen MR) is 84.0 cm³/mol. The zero-order valence-corrected chi connectivity index (χ0v) is 12.4. The summed E-state index contributed by atoms with van der Waals surface area (Å²) >= 11 is 0. The van der Waals surface area contributed by atoms with E-state index < -0.39 is 0 Å². The summed E-state index contributed by atoms with van der Waals surface area (Å²) in [4.78, 5) is 17.1. The van der Waals surface area contributed by atoms with Crippen molar-refractivity contribution < 1.29 is 9.63 Å². The van der Waals surface area contributed by atoms with Gasteiger partial charge in [-0.1, -0.05) is 41.6 Å². The second-order valence-electron chi connectivity index (χ2n) is 5.14. The summed E-state index contributed by atoms with van der Waals surface area (Å²) in [5.74, 6) is 0.204. The monoisotopic (exact) mass is 284 g/mol. The van der Waals surface area contributed by atoms with E-state index in [1.165, 1.54) is 7.11 Å². The van der Waals surface area contributed by atoms with Gasteiger partial charge in [-0.05, 0) is 31.4 Å². The van der Waals surface area contributed by atoms with Crippen LogP contribution in [0.15, 0.2) is 59.4 Å². The Labute approximate surface area is 125 Å². The van der Waals surface area contributed by atoms with Crippen molar-refractivity contribution in [1.82, 2.24) is 5.32 Å². The molecule has 110 valence electrons. The van der Waals surface area contributed by atoms with Crippen LogP contribution < -0.4 is 5.32 Å². The van der Waals surface area contributed by atoms with Crippen molar-refractivity contribution in [3.8, 4) is 0 Å². The lowest BCUT2D eigenvalue weighted by atomic mass is 9.86. The number of benzene rings is 1. The molecule has 0 bridgehead atoms. The van der Waals surface area contributed by atoms with Gasteiger partial charge in [0, 0.05) is 12.0 Å². The Balaban J connectivity index is 2.16. The molecule has 1 aliphatic carbocycles. The molecule has 0 aliphatic heterocycles. The number of nitrogens with one attached hydrogen (secondary N) is 1. The Morgan fingerprint density at radius 2 is 2.10 bits per heavy atom. The predicted octanol–water partition coefficient (Wildman–Crippen LogP) is 3.29. The van der Waals surface area contributed by atoms with Gasteiger partial charge in [0.1, 0.15) is 12.8 Å². The first-order chi connectivity index (χ1) is 10.1. The van der Waals surface area contributed by atoms with E-state index >= 15 is 0 Å². The first-order valence-electron chi connectivity index (χ1n) is 6.94. The van der Waals surface area contributed by atoms with Crippen molar-refractivity contribution in [2.24, 2.45) is 11.1 Å². The Bertz CT molecular complexity index is 588. The fourth-order valence-electron chi connectivity index (χ4n) is 2.28. The maximum absolute atomic E-state index is 12.2. The molecule has 0 radical (unpaired) electrons. The normalized spacial score (nSPS) is 19.8. The van der Waals surface area contributed by atoms with Crippen molar-refractivity contribution in [2.45, 2.75) is 19.8 Å². The summed E-state index contributed by atoms with van der Waals surface area (Å²) < 4.78 is 0. The number of oxime groups is 1. The van der Waals surface area contributed by atoms with Crippen LogP contribution in [-0.2, 0) is 4.84 Å². The lowest BCUT2D eigenvalue weighted by molar-refractivity contribution is 0.0967. The number of carbonyl (C=O) groups excluding carboxylic acids is 1. The van der Waals surface area contributed by atoms with Gasteiger partial charge in [0.15, 0.2) is 0 Å². The molecular formula is C17H20N2O2. The van der Waals surface area contributed by atoms with E-state index in [1.54, 1.807) is 12.1 Å². The third-order valence-corrected chi connectivity index (χ3v) is 3.54. The Kier molecular flexibility index (Phi) is 4.93. The molecule has 4 heteroatoms. The minimum atomic E-state index is -0.139. The highest BCUT2D eigenvalue weighted by Gasteiger charge is 2.23. The van der Waals surface area contributed by atoms with Crippen molar-refractivity contribution in [3.05, 3.63) is 59.8 Å². The summed E-state index contributed by atoms with van der Waals surface area (Å²) in [6.45, 7) is 6.00. The number of carbonyl (C=O) groups is 1. The zero-order valence-electron chi connectivity index (χ0n) is 12.4. The van der Waals surface area contributed by atoms with Gasteiger partial charge in [0.05, 0.1) is 5.70 Å². The molecule has 0 aromatic heterocycles. The van der Waals surface area contributed by atoms with Crippen LogP contribution in [0.4, 0.5) is 0 Å². The van der Waals surface area contributed by atoms with Crippen LogP contribution in [0, 0.1) is 5.92 Å². The van der Waals surface area contributed by atoms with Crippen LogP contribution >= 0.6 is 0 Å². The quantitative estimate of drug-likeness (QED) is 0.681. The highest BCUT2D eigenvalue weighted by molar-refractivity contribution is 6.06. The SMILES string of the molecule is C=C(C)[C@@H]1CC=C(NC(=O)c2ccccc2)/C(=N/OC)C1. The molecule has 1 aromatic carbocycles. The van der Waals surface area contributed by atoms with E-state index in [2.05, 4.69) is 17.1 Å². The Morgan fingerprint density at radius 1 is 1.38 bits per heavy atom. The Hall–Kier alpha value is -2.36. The molecule has 0 heterocycles. The van der Waals surface area contributed by atoms with Crippen molar-refractivity contribution in [3.63, 3.8) is 0 Å².